The maximum atomic E-state index is 12.8. The number of unbranched alkanes of at least 4 members (excludes halogenated alkanes) is 22. The molecule has 0 radical (unpaired) electrons. The number of esters is 3. The minimum absolute atomic E-state index is 0.0879. The second kappa shape index (κ2) is 46.8. The van der Waals surface area contributed by atoms with E-state index in [0.717, 1.165) is 122 Å². The summed E-state index contributed by atoms with van der Waals surface area (Å²) in [5.74, 6) is -0.924. The highest BCUT2D eigenvalue weighted by atomic mass is 16.6. The topological polar surface area (TPSA) is 78.9 Å². The van der Waals surface area contributed by atoms with Crippen LogP contribution in [0.25, 0.3) is 0 Å². The van der Waals surface area contributed by atoms with Crippen LogP contribution in [-0.4, -0.2) is 37.2 Å². The van der Waals surface area contributed by atoms with Crippen LogP contribution in [0.15, 0.2) is 60.8 Å². The number of carbonyl (C=O) groups is 3. The van der Waals surface area contributed by atoms with Gasteiger partial charge in [0.25, 0.3) is 0 Å². The summed E-state index contributed by atoms with van der Waals surface area (Å²) >= 11 is 0. The lowest BCUT2D eigenvalue weighted by molar-refractivity contribution is -0.167. The number of hydrogen-bond donors (Lipinski definition) is 0. The second-order valence-corrected chi connectivity index (χ2v) is 16.0. The molecular weight excluding hydrogens is 721 g/mol. The predicted octanol–water partition coefficient (Wildman–Crippen LogP) is 15.7. The molecule has 6 heteroatoms. The summed E-state index contributed by atoms with van der Waals surface area (Å²) in [5, 5.41) is 0. The van der Waals surface area contributed by atoms with Crippen molar-refractivity contribution in [2.24, 2.45) is 0 Å². The first-order valence-corrected chi connectivity index (χ1v) is 24.3. The van der Waals surface area contributed by atoms with E-state index in [1.54, 1.807) is 0 Å². The Labute approximate surface area is 358 Å². The second-order valence-electron chi connectivity index (χ2n) is 16.0. The molecule has 0 amide bonds. The number of hydrogen-bond acceptors (Lipinski definition) is 6. The Morgan fingerprint density at radius 2 is 0.707 bits per heavy atom. The van der Waals surface area contributed by atoms with Crippen LogP contribution < -0.4 is 0 Å². The zero-order valence-corrected chi connectivity index (χ0v) is 38.0. The van der Waals surface area contributed by atoms with Gasteiger partial charge in [-0.15, -0.1) is 0 Å². The van der Waals surface area contributed by atoms with Crippen molar-refractivity contribution < 1.29 is 28.6 Å². The van der Waals surface area contributed by atoms with Crippen molar-refractivity contribution in [2.75, 3.05) is 13.2 Å². The molecule has 6 nitrogen and oxygen atoms in total. The number of allylic oxidation sites excluding steroid dienone is 10. The molecule has 0 saturated heterocycles. The summed E-state index contributed by atoms with van der Waals surface area (Å²) in [6.45, 7) is 6.42. The average Bonchev–Trinajstić information content (AvgIpc) is 3.22. The van der Waals surface area contributed by atoms with Crippen molar-refractivity contribution in [3.8, 4) is 0 Å². The average molecular weight is 811 g/mol. The van der Waals surface area contributed by atoms with Crippen molar-refractivity contribution in [3.63, 3.8) is 0 Å². The molecule has 0 aliphatic rings. The van der Waals surface area contributed by atoms with E-state index in [-0.39, 0.29) is 31.1 Å². The molecule has 1 atom stereocenters. The first kappa shape index (κ1) is 55.1. The molecule has 0 saturated carbocycles. The van der Waals surface area contributed by atoms with Crippen LogP contribution in [-0.2, 0) is 28.6 Å². The normalized spacial score (nSPS) is 12.5. The van der Waals surface area contributed by atoms with Gasteiger partial charge in [-0.25, -0.2) is 0 Å². The Morgan fingerprint density at radius 1 is 0.362 bits per heavy atom. The summed E-state index contributed by atoms with van der Waals surface area (Å²) in [6, 6.07) is 0. The smallest absolute Gasteiger partial charge is 0.306 e. The molecule has 0 heterocycles. The summed E-state index contributed by atoms with van der Waals surface area (Å²) in [4.78, 5) is 37.8. The molecule has 0 spiro atoms. The highest BCUT2D eigenvalue weighted by molar-refractivity contribution is 5.71. The molecule has 0 aromatic rings. The van der Waals surface area contributed by atoms with Gasteiger partial charge < -0.3 is 14.2 Å². The Hall–Kier alpha value is -2.89. The molecule has 1 unspecified atom stereocenters. The lowest BCUT2D eigenvalue weighted by Gasteiger charge is -2.18. The van der Waals surface area contributed by atoms with Crippen molar-refractivity contribution >= 4 is 17.9 Å². The minimum atomic E-state index is -0.786. The highest BCUT2D eigenvalue weighted by Gasteiger charge is 2.19. The monoisotopic (exact) mass is 811 g/mol. The Morgan fingerprint density at radius 3 is 1.14 bits per heavy atom. The van der Waals surface area contributed by atoms with E-state index in [9.17, 15) is 14.4 Å². The largest absolute Gasteiger partial charge is 0.462 e. The van der Waals surface area contributed by atoms with Gasteiger partial charge in [0.2, 0.25) is 0 Å². The van der Waals surface area contributed by atoms with Crippen molar-refractivity contribution in [1.82, 2.24) is 0 Å². The third-order valence-electron chi connectivity index (χ3n) is 10.2. The fourth-order valence-electron chi connectivity index (χ4n) is 6.57. The Balaban J connectivity index is 4.41. The quantitative estimate of drug-likeness (QED) is 0.0264. The van der Waals surface area contributed by atoms with Crippen LogP contribution in [0.1, 0.15) is 233 Å². The van der Waals surface area contributed by atoms with Gasteiger partial charge in [-0.1, -0.05) is 178 Å². The van der Waals surface area contributed by atoms with E-state index in [0.29, 0.717) is 19.3 Å². The van der Waals surface area contributed by atoms with E-state index >= 15 is 0 Å². The predicted molar refractivity (Wildman–Crippen MR) is 247 cm³/mol. The van der Waals surface area contributed by atoms with Gasteiger partial charge in [0.05, 0.1) is 0 Å². The van der Waals surface area contributed by atoms with Crippen LogP contribution in [0.4, 0.5) is 0 Å². The molecular formula is C52H90O6. The molecule has 0 rings (SSSR count). The maximum absolute atomic E-state index is 12.8. The van der Waals surface area contributed by atoms with Gasteiger partial charge in [-0.2, -0.15) is 0 Å². The summed E-state index contributed by atoms with van der Waals surface area (Å²) < 4.78 is 16.7. The molecule has 0 aliphatic carbocycles. The zero-order chi connectivity index (χ0) is 42.3. The van der Waals surface area contributed by atoms with Crippen molar-refractivity contribution in [2.45, 2.75) is 239 Å². The molecule has 58 heavy (non-hydrogen) atoms. The lowest BCUT2D eigenvalue weighted by atomic mass is 10.1. The fourth-order valence-corrected chi connectivity index (χ4v) is 6.57. The van der Waals surface area contributed by atoms with E-state index in [1.807, 2.05) is 0 Å². The molecule has 0 N–H and O–H groups in total. The SMILES string of the molecule is CC/C=C\C/C=C\C/C=C\CCCCCCCC(=O)OCC(COC(=O)CCCCCCC/C=C\CCC)OC(=O)CCCCCCC/C=C\CCCCCCCC. The van der Waals surface area contributed by atoms with Crippen LogP contribution in [0.3, 0.4) is 0 Å². The van der Waals surface area contributed by atoms with E-state index in [4.69, 9.17) is 14.2 Å². The standard InChI is InChI=1S/C52H90O6/c1-4-7-10-13-16-19-22-24-26-28-30-33-36-39-42-45-51(54)57-48-49(47-56-50(53)44-41-38-35-32-21-18-15-12-9-6-3)58-52(55)46-43-40-37-34-31-29-27-25-23-20-17-14-11-8-5-2/h7,10,12,15-16,19,24-27,49H,4-6,8-9,11,13-14,17-18,20-23,28-48H2,1-3H3/b10-7-,15-12-,19-16-,26-24-,27-25-. The minimum Gasteiger partial charge on any atom is -0.462 e. The van der Waals surface area contributed by atoms with Crippen molar-refractivity contribution in [1.29, 1.82) is 0 Å². The summed E-state index contributed by atoms with van der Waals surface area (Å²) in [5.41, 5.74) is 0. The zero-order valence-electron chi connectivity index (χ0n) is 38.0. The van der Waals surface area contributed by atoms with Crippen LogP contribution >= 0.6 is 0 Å². The van der Waals surface area contributed by atoms with E-state index < -0.39 is 6.10 Å². The molecule has 0 aliphatic heterocycles. The van der Waals surface area contributed by atoms with E-state index in [1.165, 1.54) is 70.6 Å². The number of rotatable bonds is 43. The maximum Gasteiger partial charge on any atom is 0.306 e. The molecule has 0 bridgehead atoms. The van der Waals surface area contributed by atoms with Gasteiger partial charge in [-0.3, -0.25) is 14.4 Å². The molecule has 0 fully saturated rings. The van der Waals surface area contributed by atoms with Gasteiger partial charge in [0.1, 0.15) is 13.2 Å². The Kier molecular flexibility index (Phi) is 44.5. The first-order valence-electron chi connectivity index (χ1n) is 24.3. The summed E-state index contributed by atoms with van der Waals surface area (Å²) in [6.07, 6.45) is 56.3. The Bertz CT molecular complexity index is 1070. The lowest BCUT2D eigenvalue weighted by Crippen LogP contribution is -2.30. The molecule has 334 valence electrons. The van der Waals surface area contributed by atoms with Gasteiger partial charge in [0.15, 0.2) is 6.10 Å². The first-order chi connectivity index (χ1) is 28.5. The fraction of sp³-hybridized carbons (Fsp3) is 0.750. The van der Waals surface area contributed by atoms with Crippen LogP contribution in [0.5, 0.6) is 0 Å². The van der Waals surface area contributed by atoms with Crippen LogP contribution in [0.2, 0.25) is 0 Å². The molecule has 0 aromatic heterocycles. The van der Waals surface area contributed by atoms with Gasteiger partial charge >= 0.3 is 17.9 Å². The summed E-state index contributed by atoms with van der Waals surface area (Å²) in [7, 11) is 0. The number of ether oxygens (including phenoxy) is 3. The number of carbonyl (C=O) groups excluding carboxylic acids is 3. The third-order valence-corrected chi connectivity index (χ3v) is 10.2. The van der Waals surface area contributed by atoms with Crippen LogP contribution in [0, 0.1) is 0 Å². The van der Waals surface area contributed by atoms with Gasteiger partial charge in [0, 0.05) is 19.3 Å². The van der Waals surface area contributed by atoms with Crippen molar-refractivity contribution in [3.05, 3.63) is 60.8 Å². The molecule has 0 aromatic carbocycles. The van der Waals surface area contributed by atoms with Gasteiger partial charge in [-0.05, 0) is 96.3 Å². The highest BCUT2D eigenvalue weighted by Crippen LogP contribution is 2.13. The van der Waals surface area contributed by atoms with E-state index in [2.05, 4.69) is 81.5 Å². The third kappa shape index (κ3) is 44.2.